The van der Waals surface area contributed by atoms with Gasteiger partial charge in [-0.15, -0.1) is 0 Å². The van der Waals surface area contributed by atoms with Gasteiger partial charge < -0.3 is 15.3 Å². The van der Waals surface area contributed by atoms with Crippen molar-refractivity contribution in [2.75, 3.05) is 33.3 Å². The highest BCUT2D eigenvalue weighted by molar-refractivity contribution is 4.69. The summed E-state index contributed by atoms with van der Waals surface area (Å²) in [5.74, 6) is 0.737. The maximum absolute atomic E-state index is 9.11. The Hall–Kier alpha value is -0.120. The predicted molar refractivity (Wildman–Crippen MR) is 61.5 cm³/mol. The van der Waals surface area contributed by atoms with Gasteiger partial charge in [0, 0.05) is 19.1 Å². The summed E-state index contributed by atoms with van der Waals surface area (Å²) >= 11 is 0. The summed E-state index contributed by atoms with van der Waals surface area (Å²) in [6, 6.07) is 0.217. The molecule has 0 fully saturated rings. The third-order valence-corrected chi connectivity index (χ3v) is 2.57. The van der Waals surface area contributed by atoms with E-state index in [9.17, 15) is 0 Å². The molecular formula is C11H26N2O. The molecule has 3 nitrogen and oxygen atoms in total. The van der Waals surface area contributed by atoms with Gasteiger partial charge in [0.05, 0.1) is 6.61 Å². The van der Waals surface area contributed by atoms with Crippen LogP contribution in [0.5, 0.6) is 0 Å². The second-order valence-corrected chi connectivity index (χ2v) is 4.17. The van der Waals surface area contributed by atoms with E-state index in [-0.39, 0.29) is 12.6 Å². The van der Waals surface area contributed by atoms with Crippen LogP contribution in [0, 0.1) is 5.92 Å². The number of likely N-dealkylation sites (N-methyl/N-ethyl adjacent to an activating group) is 2. The first-order valence-electron chi connectivity index (χ1n) is 5.66. The summed E-state index contributed by atoms with van der Waals surface area (Å²) in [4.78, 5) is 2.29. The van der Waals surface area contributed by atoms with E-state index in [1.54, 1.807) is 0 Å². The third-order valence-electron chi connectivity index (χ3n) is 2.57. The summed E-state index contributed by atoms with van der Waals surface area (Å²) in [5, 5.41) is 12.4. The summed E-state index contributed by atoms with van der Waals surface area (Å²) in [5.41, 5.74) is 0. The molecule has 0 spiro atoms. The maximum Gasteiger partial charge on any atom is 0.0597 e. The Balaban J connectivity index is 3.71. The fraction of sp³-hybridized carbons (Fsp3) is 1.00. The number of aliphatic hydroxyl groups is 1. The molecule has 0 heterocycles. The molecule has 14 heavy (non-hydrogen) atoms. The molecule has 0 aliphatic carbocycles. The minimum absolute atomic E-state index is 0.217. The Kier molecular flexibility index (Phi) is 8.14. The molecule has 86 valence electrons. The Morgan fingerprint density at radius 1 is 1.29 bits per heavy atom. The average Bonchev–Trinajstić information content (AvgIpc) is 2.16. The molecule has 3 heteroatoms. The van der Waals surface area contributed by atoms with Gasteiger partial charge in [0.2, 0.25) is 0 Å². The summed E-state index contributed by atoms with van der Waals surface area (Å²) < 4.78 is 0. The fourth-order valence-corrected chi connectivity index (χ4v) is 1.59. The molecule has 2 atom stereocenters. The number of nitrogens with zero attached hydrogens (tertiary/aromatic N) is 1. The molecule has 0 aromatic rings. The van der Waals surface area contributed by atoms with Crippen molar-refractivity contribution in [2.45, 2.75) is 33.2 Å². The Morgan fingerprint density at radius 3 is 2.36 bits per heavy atom. The summed E-state index contributed by atoms with van der Waals surface area (Å²) in [6.45, 7) is 9.72. The molecule has 0 aliphatic heterocycles. The largest absolute Gasteiger partial charge is 0.395 e. The molecule has 0 aromatic heterocycles. The van der Waals surface area contributed by atoms with E-state index in [1.165, 1.54) is 6.42 Å². The van der Waals surface area contributed by atoms with E-state index < -0.39 is 0 Å². The third kappa shape index (κ3) is 6.35. The molecule has 0 aromatic carbocycles. The van der Waals surface area contributed by atoms with Crippen LogP contribution in [0.25, 0.3) is 0 Å². The van der Waals surface area contributed by atoms with Crippen LogP contribution in [0.2, 0.25) is 0 Å². The van der Waals surface area contributed by atoms with E-state index in [2.05, 4.69) is 38.0 Å². The first-order chi connectivity index (χ1) is 6.63. The van der Waals surface area contributed by atoms with E-state index in [1.807, 2.05) is 0 Å². The van der Waals surface area contributed by atoms with Crippen LogP contribution >= 0.6 is 0 Å². The van der Waals surface area contributed by atoms with Crippen LogP contribution in [0.4, 0.5) is 0 Å². The van der Waals surface area contributed by atoms with Crippen LogP contribution in [-0.4, -0.2) is 49.3 Å². The summed E-state index contributed by atoms with van der Waals surface area (Å²) in [7, 11) is 2.12. The van der Waals surface area contributed by atoms with Crippen LogP contribution in [0.3, 0.4) is 0 Å². The van der Waals surface area contributed by atoms with Gasteiger partial charge in [0.1, 0.15) is 0 Å². The Labute approximate surface area is 88.5 Å². The van der Waals surface area contributed by atoms with E-state index in [0.717, 1.165) is 25.6 Å². The zero-order valence-corrected chi connectivity index (χ0v) is 10.1. The molecule has 0 saturated carbocycles. The lowest BCUT2D eigenvalue weighted by atomic mass is 10.1. The molecule has 0 bridgehead atoms. The van der Waals surface area contributed by atoms with E-state index in [4.69, 9.17) is 5.11 Å². The minimum Gasteiger partial charge on any atom is -0.395 e. The van der Waals surface area contributed by atoms with Crippen molar-refractivity contribution in [2.24, 2.45) is 5.92 Å². The zero-order valence-electron chi connectivity index (χ0n) is 10.1. The van der Waals surface area contributed by atoms with Crippen molar-refractivity contribution in [3.05, 3.63) is 0 Å². The van der Waals surface area contributed by atoms with Crippen molar-refractivity contribution in [3.63, 3.8) is 0 Å². The molecule has 0 aliphatic rings. The van der Waals surface area contributed by atoms with Gasteiger partial charge in [0.25, 0.3) is 0 Å². The second-order valence-electron chi connectivity index (χ2n) is 4.17. The summed E-state index contributed by atoms with van der Waals surface area (Å²) in [6.07, 6.45) is 1.22. The standard InChI is InChI=1S/C11H26N2O/c1-5-10(3)7-13(4)8-11(9-14)12-6-2/h10-12,14H,5-9H2,1-4H3. The normalized spacial score (nSPS) is 15.9. The zero-order chi connectivity index (χ0) is 11.0. The van der Waals surface area contributed by atoms with Crippen molar-refractivity contribution in [1.82, 2.24) is 10.2 Å². The first kappa shape index (κ1) is 13.9. The van der Waals surface area contributed by atoms with Gasteiger partial charge in [-0.1, -0.05) is 27.2 Å². The van der Waals surface area contributed by atoms with Gasteiger partial charge in [0.15, 0.2) is 0 Å². The van der Waals surface area contributed by atoms with Crippen molar-refractivity contribution < 1.29 is 5.11 Å². The van der Waals surface area contributed by atoms with Crippen LogP contribution < -0.4 is 5.32 Å². The molecule has 2 N–H and O–H groups in total. The van der Waals surface area contributed by atoms with Gasteiger partial charge >= 0.3 is 0 Å². The minimum atomic E-state index is 0.217. The molecule has 2 unspecified atom stereocenters. The second kappa shape index (κ2) is 8.21. The van der Waals surface area contributed by atoms with Crippen molar-refractivity contribution >= 4 is 0 Å². The van der Waals surface area contributed by atoms with Gasteiger partial charge in [-0.2, -0.15) is 0 Å². The SMILES string of the molecule is CCNC(CO)CN(C)CC(C)CC. The molecule has 0 amide bonds. The fourth-order valence-electron chi connectivity index (χ4n) is 1.59. The molecule has 0 rings (SSSR count). The highest BCUT2D eigenvalue weighted by Crippen LogP contribution is 2.02. The number of hydrogen-bond acceptors (Lipinski definition) is 3. The smallest absolute Gasteiger partial charge is 0.0597 e. The van der Waals surface area contributed by atoms with Crippen molar-refractivity contribution in [1.29, 1.82) is 0 Å². The maximum atomic E-state index is 9.11. The number of aliphatic hydroxyl groups excluding tert-OH is 1. The van der Waals surface area contributed by atoms with Gasteiger partial charge in [-0.05, 0) is 19.5 Å². The molecule has 0 saturated heterocycles. The number of hydrogen-bond donors (Lipinski definition) is 2. The van der Waals surface area contributed by atoms with Gasteiger partial charge in [-0.3, -0.25) is 0 Å². The number of nitrogens with one attached hydrogen (secondary N) is 1. The Morgan fingerprint density at radius 2 is 1.93 bits per heavy atom. The van der Waals surface area contributed by atoms with Crippen LogP contribution in [0.15, 0.2) is 0 Å². The molecule has 0 radical (unpaired) electrons. The lowest BCUT2D eigenvalue weighted by Gasteiger charge is -2.25. The highest BCUT2D eigenvalue weighted by Gasteiger charge is 2.10. The lowest BCUT2D eigenvalue weighted by Crippen LogP contribution is -2.43. The Bertz CT molecular complexity index is 130. The molecular weight excluding hydrogens is 176 g/mol. The highest BCUT2D eigenvalue weighted by atomic mass is 16.3. The average molecular weight is 202 g/mol. The van der Waals surface area contributed by atoms with Crippen molar-refractivity contribution in [3.8, 4) is 0 Å². The van der Waals surface area contributed by atoms with Crippen LogP contribution in [-0.2, 0) is 0 Å². The topological polar surface area (TPSA) is 35.5 Å². The van der Waals surface area contributed by atoms with E-state index in [0.29, 0.717) is 0 Å². The first-order valence-corrected chi connectivity index (χ1v) is 5.66. The van der Waals surface area contributed by atoms with E-state index >= 15 is 0 Å². The van der Waals surface area contributed by atoms with Gasteiger partial charge in [-0.25, -0.2) is 0 Å². The van der Waals surface area contributed by atoms with Crippen LogP contribution in [0.1, 0.15) is 27.2 Å². The number of rotatable bonds is 8. The lowest BCUT2D eigenvalue weighted by molar-refractivity contribution is 0.188. The predicted octanol–water partition coefficient (Wildman–Crippen LogP) is 0.935. The quantitative estimate of drug-likeness (QED) is 0.615. The monoisotopic (exact) mass is 202 g/mol.